The monoisotopic (exact) mass is 689 g/mol. The number of nitrogens with zero attached hydrogens (tertiary/aromatic N) is 3. The van der Waals surface area contributed by atoms with Crippen LogP contribution < -0.4 is 15.0 Å². The van der Waals surface area contributed by atoms with Crippen LogP contribution >= 0.6 is 31.9 Å². The molecule has 0 saturated heterocycles. The minimum atomic E-state index is -0.341. The van der Waals surface area contributed by atoms with Crippen LogP contribution in [0.15, 0.2) is 108 Å². The van der Waals surface area contributed by atoms with Gasteiger partial charge in [0.05, 0.1) is 28.2 Å². The molecule has 6 rings (SSSR count). The SMILES string of the molecule is CCOc1cc(C=Nn2c(-c3cc4ccccc4o3)nc3ccccc3c2=O)c(Br)c(Br)c1OCc1ccc(F)cc1. The molecule has 0 aliphatic carbocycles. The highest BCUT2D eigenvalue weighted by molar-refractivity contribution is 9.13. The van der Waals surface area contributed by atoms with Gasteiger partial charge in [0.1, 0.15) is 18.0 Å². The van der Waals surface area contributed by atoms with Crippen LogP contribution in [0.25, 0.3) is 33.5 Å². The van der Waals surface area contributed by atoms with Gasteiger partial charge in [0, 0.05) is 15.4 Å². The van der Waals surface area contributed by atoms with Crippen molar-refractivity contribution in [3.63, 3.8) is 0 Å². The van der Waals surface area contributed by atoms with Gasteiger partial charge in [0.15, 0.2) is 17.3 Å². The summed E-state index contributed by atoms with van der Waals surface area (Å²) in [6, 6.07) is 24.4. The molecule has 0 fully saturated rings. The lowest BCUT2D eigenvalue weighted by atomic mass is 10.2. The Kier molecular flexibility index (Phi) is 7.90. The number of ether oxygens (including phenoxy) is 2. The zero-order chi connectivity index (χ0) is 29.2. The number of benzene rings is 4. The zero-order valence-electron chi connectivity index (χ0n) is 22.2. The van der Waals surface area contributed by atoms with E-state index in [0.717, 1.165) is 10.9 Å². The van der Waals surface area contributed by atoms with E-state index in [2.05, 4.69) is 37.0 Å². The molecular formula is C32H22Br2FN3O4. The number of halogens is 3. The highest BCUT2D eigenvalue weighted by Gasteiger charge is 2.19. The van der Waals surface area contributed by atoms with Crippen LogP contribution in [0.3, 0.4) is 0 Å². The van der Waals surface area contributed by atoms with Crippen LogP contribution in [0.1, 0.15) is 18.1 Å². The molecule has 0 radical (unpaired) electrons. The van der Waals surface area contributed by atoms with Crippen LogP contribution in [0, 0.1) is 5.82 Å². The van der Waals surface area contributed by atoms with Gasteiger partial charge in [0.2, 0.25) is 5.82 Å². The van der Waals surface area contributed by atoms with Crippen LogP contribution in [-0.2, 0) is 6.61 Å². The fourth-order valence-electron chi connectivity index (χ4n) is 4.43. The minimum absolute atomic E-state index is 0.206. The fraction of sp³-hybridized carbons (Fsp3) is 0.0938. The molecule has 0 atom stereocenters. The van der Waals surface area contributed by atoms with Gasteiger partial charge >= 0.3 is 0 Å². The van der Waals surface area contributed by atoms with Crippen molar-refractivity contribution >= 4 is 59.9 Å². The van der Waals surface area contributed by atoms with Gasteiger partial charge in [-0.15, -0.1) is 0 Å². The third-order valence-corrected chi connectivity index (χ3v) is 8.61. The average molecular weight is 691 g/mol. The molecule has 0 saturated carbocycles. The van der Waals surface area contributed by atoms with Crippen molar-refractivity contribution in [1.82, 2.24) is 9.66 Å². The smallest absolute Gasteiger partial charge is 0.282 e. The third-order valence-electron chi connectivity index (χ3n) is 6.46. The molecule has 210 valence electrons. The molecule has 4 aromatic carbocycles. The van der Waals surface area contributed by atoms with Crippen molar-refractivity contribution in [2.24, 2.45) is 5.10 Å². The maximum Gasteiger partial charge on any atom is 0.282 e. The third kappa shape index (κ3) is 5.47. The van der Waals surface area contributed by atoms with E-state index in [-0.39, 0.29) is 23.8 Å². The Morgan fingerprint density at radius 1 is 0.976 bits per heavy atom. The molecule has 2 aromatic heterocycles. The Balaban J connectivity index is 1.43. The highest BCUT2D eigenvalue weighted by Crippen LogP contribution is 2.43. The van der Waals surface area contributed by atoms with Gasteiger partial charge in [0.25, 0.3) is 5.56 Å². The quantitative estimate of drug-likeness (QED) is 0.150. The molecule has 42 heavy (non-hydrogen) atoms. The van der Waals surface area contributed by atoms with Crippen LogP contribution in [0.4, 0.5) is 4.39 Å². The molecule has 0 unspecified atom stereocenters. The molecule has 0 spiro atoms. The molecule has 0 bridgehead atoms. The number of fused-ring (bicyclic) bond motifs is 2. The van der Waals surface area contributed by atoms with E-state index < -0.39 is 0 Å². The number of aromatic nitrogens is 2. The standard InChI is InChI=1S/C32H22Br2FN3O4/c1-2-40-26-16-21(28(33)29(34)30(26)41-18-19-11-13-22(35)14-12-19)17-36-38-31(27-15-20-7-3-6-10-25(20)42-27)37-24-9-5-4-8-23(24)32(38)39/h3-17H,2,18H2,1H3. The Hall–Kier alpha value is -4.28. The van der Waals surface area contributed by atoms with Gasteiger partial charge in [-0.2, -0.15) is 9.78 Å². The molecular weight excluding hydrogens is 669 g/mol. The molecule has 0 aliphatic rings. The zero-order valence-corrected chi connectivity index (χ0v) is 25.4. The van der Waals surface area contributed by atoms with Gasteiger partial charge < -0.3 is 13.9 Å². The van der Waals surface area contributed by atoms with E-state index >= 15 is 0 Å². The number of rotatable bonds is 8. The highest BCUT2D eigenvalue weighted by atomic mass is 79.9. The van der Waals surface area contributed by atoms with E-state index in [4.69, 9.17) is 18.9 Å². The number of para-hydroxylation sites is 2. The maximum absolute atomic E-state index is 13.7. The predicted molar refractivity (Wildman–Crippen MR) is 168 cm³/mol. The second-order valence-corrected chi connectivity index (χ2v) is 10.8. The number of hydrogen-bond donors (Lipinski definition) is 0. The van der Waals surface area contributed by atoms with Gasteiger partial charge in [-0.25, -0.2) is 9.37 Å². The van der Waals surface area contributed by atoms with Crippen molar-refractivity contribution in [3.8, 4) is 23.1 Å². The van der Waals surface area contributed by atoms with Crippen LogP contribution in [0.2, 0.25) is 0 Å². The molecule has 0 aliphatic heterocycles. The van der Waals surface area contributed by atoms with Gasteiger partial charge in [-0.1, -0.05) is 42.5 Å². The topological polar surface area (TPSA) is 78.9 Å². The summed E-state index contributed by atoms with van der Waals surface area (Å²) in [5, 5.41) is 5.89. The Morgan fingerprint density at radius 2 is 1.74 bits per heavy atom. The summed E-state index contributed by atoms with van der Waals surface area (Å²) in [6.45, 7) is 2.47. The molecule has 6 aromatic rings. The molecule has 0 amide bonds. The number of furan rings is 1. The minimum Gasteiger partial charge on any atom is -0.490 e. The van der Waals surface area contributed by atoms with E-state index in [1.54, 1.807) is 42.6 Å². The van der Waals surface area contributed by atoms with E-state index in [9.17, 15) is 9.18 Å². The second kappa shape index (κ2) is 11.9. The summed E-state index contributed by atoms with van der Waals surface area (Å²) < 4.78 is 33.8. The summed E-state index contributed by atoms with van der Waals surface area (Å²) in [4.78, 5) is 18.4. The average Bonchev–Trinajstić information content (AvgIpc) is 3.44. The van der Waals surface area contributed by atoms with E-state index in [1.165, 1.54) is 16.8 Å². The summed E-state index contributed by atoms with van der Waals surface area (Å²) in [6.07, 6.45) is 1.55. The first-order valence-corrected chi connectivity index (χ1v) is 14.6. The maximum atomic E-state index is 13.7. The van der Waals surface area contributed by atoms with Gasteiger partial charge in [-0.3, -0.25) is 4.79 Å². The van der Waals surface area contributed by atoms with Crippen molar-refractivity contribution in [2.75, 3.05) is 6.61 Å². The summed E-state index contributed by atoms with van der Waals surface area (Å²) in [5.74, 6) is 1.31. The first kappa shape index (κ1) is 27.9. The number of hydrogen-bond acceptors (Lipinski definition) is 6. The Bertz CT molecular complexity index is 1990. The Morgan fingerprint density at radius 3 is 2.52 bits per heavy atom. The summed E-state index contributed by atoms with van der Waals surface area (Å²) in [7, 11) is 0. The molecule has 10 heteroatoms. The Labute approximate surface area is 256 Å². The van der Waals surface area contributed by atoms with Crippen LogP contribution in [-0.4, -0.2) is 22.5 Å². The van der Waals surface area contributed by atoms with Crippen LogP contribution in [0.5, 0.6) is 11.5 Å². The molecule has 2 heterocycles. The molecule has 7 nitrogen and oxygen atoms in total. The van der Waals surface area contributed by atoms with Crippen molar-refractivity contribution < 1.29 is 18.3 Å². The van der Waals surface area contributed by atoms with Gasteiger partial charge in [-0.05, 0) is 86.8 Å². The summed E-state index contributed by atoms with van der Waals surface area (Å²) in [5.41, 5.74) is 2.29. The van der Waals surface area contributed by atoms with E-state index in [0.29, 0.717) is 54.9 Å². The lowest BCUT2D eigenvalue weighted by Crippen LogP contribution is -2.20. The lowest BCUT2D eigenvalue weighted by molar-refractivity contribution is 0.267. The van der Waals surface area contributed by atoms with E-state index in [1.807, 2.05) is 43.3 Å². The summed E-state index contributed by atoms with van der Waals surface area (Å²) >= 11 is 7.24. The predicted octanol–water partition coefficient (Wildman–Crippen LogP) is 8.33. The van der Waals surface area contributed by atoms with Crippen molar-refractivity contribution in [2.45, 2.75) is 13.5 Å². The van der Waals surface area contributed by atoms with Crippen molar-refractivity contribution in [1.29, 1.82) is 0 Å². The first-order chi connectivity index (χ1) is 20.4. The second-order valence-electron chi connectivity index (χ2n) is 9.23. The first-order valence-electron chi connectivity index (χ1n) is 13.0. The largest absolute Gasteiger partial charge is 0.490 e. The lowest BCUT2D eigenvalue weighted by Gasteiger charge is -2.16. The molecule has 0 N–H and O–H groups in total. The van der Waals surface area contributed by atoms with Crippen molar-refractivity contribution in [3.05, 3.63) is 121 Å². The normalized spacial score (nSPS) is 11.5. The fourth-order valence-corrected chi connectivity index (χ4v) is 5.37.